The molecule has 4 rings (SSSR count). The fraction of sp³-hybridized carbons (Fsp3) is 0.526. The first-order chi connectivity index (χ1) is 12.3. The van der Waals surface area contributed by atoms with Gasteiger partial charge in [0, 0.05) is 32.0 Å². The summed E-state index contributed by atoms with van der Waals surface area (Å²) in [6, 6.07) is 10.0. The number of carbonyl (C=O) groups is 1. The van der Waals surface area contributed by atoms with E-state index in [2.05, 4.69) is 15.5 Å². The van der Waals surface area contributed by atoms with Crippen LogP contribution in [-0.2, 0) is 13.0 Å². The molecule has 2 aliphatic rings. The molecule has 0 spiro atoms. The Kier molecular flexibility index (Phi) is 4.68. The van der Waals surface area contributed by atoms with Crippen molar-refractivity contribution in [2.45, 2.75) is 44.6 Å². The average Bonchev–Trinajstić information content (AvgIpc) is 3.20. The van der Waals surface area contributed by atoms with E-state index in [0.29, 0.717) is 18.4 Å². The van der Waals surface area contributed by atoms with Crippen LogP contribution in [0.2, 0.25) is 0 Å². The Labute approximate surface area is 147 Å². The van der Waals surface area contributed by atoms with Crippen molar-refractivity contribution in [2.24, 2.45) is 5.92 Å². The lowest BCUT2D eigenvalue weighted by Gasteiger charge is -2.17. The maximum Gasteiger partial charge on any atom is 0.317 e. The molecule has 2 heterocycles. The first-order valence-corrected chi connectivity index (χ1v) is 9.17. The van der Waals surface area contributed by atoms with Crippen molar-refractivity contribution >= 4 is 6.03 Å². The number of aryl methyl sites for hydroxylation is 1. The highest BCUT2D eigenvalue weighted by molar-refractivity contribution is 5.74. The Hall–Kier alpha value is -2.37. The topological polar surface area (TPSA) is 71.3 Å². The van der Waals surface area contributed by atoms with Crippen molar-refractivity contribution in [1.29, 1.82) is 0 Å². The second kappa shape index (κ2) is 7.25. The van der Waals surface area contributed by atoms with Crippen LogP contribution in [-0.4, -0.2) is 34.2 Å². The van der Waals surface area contributed by atoms with Gasteiger partial charge in [0.15, 0.2) is 5.82 Å². The molecule has 1 aliphatic heterocycles. The van der Waals surface area contributed by atoms with Crippen LogP contribution in [0.5, 0.6) is 0 Å². The molecule has 1 N–H and O–H groups in total. The number of nitrogens with one attached hydrogen (secondary N) is 1. The summed E-state index contributed by atoms with van der Waals surface area (Å²) in [6.45, 7) is 2.21. The number of hydrogen-bond donors (Lipinski definition) is 1. The predicted octanol–water partition coefficient (Wildman–Crippen LogP) is 3.11. The fourth-order valence-electron chi connectivity index (χ4n) is 3.34. The van der Waals surface area contributed by atoms with Crippen molar-refractivity contribution in [3.63, 3.8) is 0 Å². The van der Waals surface area contributed by atoms with Crippen LogP contribution in [0.25, 0.3) is 0 Å². The van der Waals surface area contributed by atoms with Gasteiger partial charge in [-0.25, -0.2) is 4.79 Å². The molecule has 6 heteroatoms. The molecule has 6 nitrogen and oxygen atoms in total. The lowest BCUT2D eigenvalue weighted by molar-refractivity contribution is 0.206. The summed E-state index contributed by atoms with van der Waals surface area (Å²) in [6.07, 6.45) is 5.24. The normalized spacial score (nSPS) is 20.0. The van der Waals surface area contributed by atoms with Gasteiger partial charge in [-0.3, -0.25) is 0 Å². The van der Waals surface area contributed by atoms with E-state index >= 15 is 0 Å². The van der Waals surface area contributed by atoms with E-state index in [4.69, 9.17) is 4.52 Å². The van der Waals surface area contributed by atoms with Crippen LogP contribution in [0, 0.1) is 5.92 Å². The van der Waals surface area contributed by atoms with Gasteiger partial charge in [-0.2, -0.15) is 4.98 Å². The van der Waals surface area contributed by atoms with Gasteiger partial charge in [0.05, 0.1) is 0 Å². The molecule has 1 aromatic carbocycles. The highest BCUT2D eigenvalue weighted by Crippen LogP contribution is 2.38. The summed E-state index contributed by atoms with van der Waals surface area (Å²) < 4.78 is 5.30. The monoisotopic (exact) mass is 340 g/mol. The van der Waals surface area contributed by atoms with Crippen molar-refractivity contribution in [3.8, 4) is 0 Å². The van der Waals surface area contributed by atoms with Gasteiger partial charge >= 0.3 is 6.03 Å². The van der Waals surface area contributed by atoms with Gasteiger partial charge in [0.1, 0.15) is 0 Å². The molecule has 0 bridgehead atoms. The highest BCUT2D eigenvalue weighted by atomic mass is 16.5. The lowest BCUT2D eigenvalue weighted by atomic mass is 10.0. The molecule has 1 saturated carbocycles. The molecule has 0 radical (unpaired) electrons. The van der Waals surface area contributed by atoms with Gasteiger partial charge < -0.3 is 14.7 Å². The van der Waals surface area contributed by atoms with E-state index in [9.17, 15) is 4.79 Å². The van der Waals surface area contributed by atoms with Crippen LogP contribution in [0.4, 0.5) is 4.79 Å². The zero-order valence-electron chi connectivity index (χ0n) is 14.4. The van der Waals surface area contributed by atoms with E-state index in [1.54, 1.807) is 0 Å². The summed E-state index contributed by atoms with van der Waals surface area (Å²) >= 11 is 0. The van der Waals surface area contributed by atoms with Crippen molar-refractivity contribution in [3.05, 3.63) is 47.6 Å². The Bertz CT molecular complexity index is 711. The zero-order valence-corrected chi connectivity index (χ0v) is 14.4. The number of amides is 2. The molecule has 25 heavy (non-hydrogen) atoms. The summed E-state index contributed by atoms with van der Waals surface area (Å²) in [5, 5.41) is 7.08. The molecule has 1 saturated heterocycles. The zero-order chi connectivity index (χ0) is 17.1. The Balaban J connectivity index is 1.20. The Morgan fingerprint density at radius 1 is 1.24 bits per heavy atom. The Morgan fingerprint density at radius 3 is 2.88 bits per heavy atom. The number of rotatable bonds is 6. The van der Waals surface area contributed by atoms with Crippen LogP contribution in [0.3, 0.4) is 0 Å². The Morgan fingerprint density at radius 2 is 2.08 bits per heavy atom. The number of likely N-dealkylation sites (tertiary alicyclic amines) is 1. The second-order valence-electron chi connectivity index (χ2n) is 7.11. The average molecular weight is 340 g/mol. The summed E-state index contributed by atoms with van der Waals surface area (Å²) in [7, 11) is 0. The fourth-order valence-corrected chi connectivity index (χ4v) is 3.34. The minimum Gasteiger partial charge on any atom is -0.339 e. The third-order valence-corrected chi connectivity index (χ3v) is 5.05. The third-order valence-electron chi connectivity index (χ3n) is 5.05. The molecule has 1 unspecified atom stereocenters. The van der Waals surface area contributed by atoms with Crippen LogP contribution >= 0.6 is 0 Å². The molecule has 2 fully saturated rings. The predicted molar refractivity (Wildman–Crippen MR) is 93.0 cm³/mol. The number of benzene rings is 1. The smallest absolute Gasteiger partial charge is 0.317 e. The summed E-state index contributed by atoms with van der Waals surface area (Å²) in [5.74, 6) is 2.65. The highest BCUT2D eigenvalue weighted by Gasteiger charge is 2.30. The van der Waals surface area contributed by atoms with Crippen molar-refractivity contribution in [2.75, 3.05) is 13.1 Å². The molecule has 1 aromatic heterocycles. The minimum atomic E-state index is 0.0296. The molecule has 1 aliphatic carbocycles. The van der Waals surface area contributed by atoms with Crippen LogP contribution in [0.15, 0.2) is 34.9 Å². The first-order valence-electron chi connectivity index (χ1n) is 9.17. The quantitative estimate of drug-likeness (QED) is 0.877. The van der Waals surface area contributed by atoms with Gasteiger partial charge in [-0.1, -0.05) is 35.5 Å². The molecule has 1 atom stereocenters. The molecular weight excluding hydrogens is 316 g/mol. The molecule has 2 aromatic rings. The lowest BCUT2D eigenvalue weighted by Crippen LogP contribution is -2.38. The first kappa shape index (κ1) is 16.1. The summed E-state index contributed by atoms with van der Waals surface area (Å²) in [4.78, 5) is 18.7. The van der Waals surface area contributed by atoms with Gasteiger partial charge in [0.2, 0.25) is 5.89 Å². The SMILES string of the molecule is O=C(NCc1ccccc1)N1CCC(CCc2noc(C3CC3)n2)C1. The standard InChI is InChI=1S/C19H24N4O2/c24-19(20-12-14-4-2-1-3-5-14)23-11-10-15(13-23)6-9-17-21-18(25-22-17)16-7-8-16/h1-5,15-16H,6-13H2,(H,20,24). The number of aromatic nitrogens is 2. The van der Waals surface area contributed by atoms with E-state index in [0.717, 1.165) is 49.6 Å². The second-order valence-corrected chi connectivity index (χ2v) is 7.11. The maximum absolute atomic E-state index is 12.3. The molecular formula is C19H24N4O2. The third kappa shape index (κ3) is 4.18. The van der Waals surface area contributed by atoms with Gasteiger partial charge in [0.25, 0.3) is 0 Å². The summed E-state index contributed by atoms with van der Waals surface area (Å²) in [5.41, 5.74) is 1.12. The number of nitrogens with zero attached hydrogens (tertiary/aromatic N) is 3. The van der Waals surface area contributed by atoms with E-state index < -0.39 is 0 Å². The number of hydrogen-bond acceptors (Lipinski definition) is 4. The molecule has 2 amide bonds. The van der Waals surface area contributed by atoms with Crippen molar-refractivity contribution in [1.82, 2.24) is 20.4 Å². The molecule has 132 valence electrons. The minimum absolute atomic E-state index is 0.0296. The van der Waals surface area contributed by atoms with E-state index in [1.165, 1.54) is 12.8 Å². The maximum atomic E-state index is 12.3. The largest absolute Gasteiger partial charge is 0.339 e. The van der Waals surface area contributed by atoms with Crippen LogP contribution in [0.1, 0.15) is 48.9 Å². The van der Waals surface area contributed by atoms with E-state index in [1.807, 2.05) is 35.2 Å². The van der Waals surface area contributed by atoms with E-state index in [-0.39, 0.29) is 6.03 Å². The van der Waals surface area contributed by atoms with Crippen LogP contribution < -0.4 is 5.32 Å². The van der Waals surface area contributed by atoms with Gasteiger partial charge in [-0.15, -0.1) is 0 Å². The van der Waals surface area contributed by atoms with Crippen molar-refractivity contribution < 1.29 is 9.32 Å². The van der Waals surface area contributed by atoms with Gasteiger partial charge in [-0.05, 0) is 37.2 Å². The number of carbonyl (C=O) groups excluding carboxylic acids is 1. The number of urea groups is 1.